The highest BCUT2D eigenvalue weighted by Crippen LogP contribution is 2.26. The molecule has 3 N–H and O–H groups in total. The third kappa shape index (κ3) is 9.22. The van der Waals surface area contributed by atoms with E-state index in [1.165, 1.54) is 31.5 Å². The summed E-state index contributed by atoms with van der Waals surface area (Å²) < 4.78 is 24.2. The average molecular weight is 568 g/mol. The van der Waals surface area contributed by atoms with Crippen LogP contribution >= 0.6 is 0 Å². The molecule has 10 nitrogen and oxygen atoms in total. The van der Waals surface area contributed by atoms with Crippen LogP contribution in [0.4, 0.5) is 9.18 Å². The standard InChI is InChI=1S/C17H34N2O3.C13H8FN5/c1-3-21-13-8-5-9-14-22-15-12-19(2)17(20)18-16-10-6-4-7-11-16;14-8-3-9-10(6-18-12(9)17-5-8)13-16-4-7-1-2-15-11(7)19-13/h16H,3-15H2,1-2H3,(H,18,20);1-6H,(H,17,18)(H,15,16,19). The van der Waals surface area contributed by atoms with Crippen molar-refractivity contribution in [2.75, 3.05) is 40.0 Å². The number of unbranched alkanes of at least 4 members (excludes halogenated alkanes) is 2. The summed E-state index contributed by atoms with van der Waals surface area (Å²) in [5, 5.41) is 4.73. The Morgan fingerprint density at radius 2 is 1.85 bits per heavy atom. The van der Waals surface area contributed by atoms with Crippen LogP contribution in [-0.2, 0) is 9.47 Å². The van der Waals surface area contributed by atoms with E-state index in [0.717, 1.165) is 68.5 Å². The van der Waals surface area contributed by atoms with Crippen molar-refractivity contribution in [1.82, 2.24) is 35.1 Å². The molecule has 11 heteroatoms. The Labute approximate surface area is 240 Å². The number of amides is 2. The Morgan fingerprint density at radius 3 is 2.66 bits per heavy atom. The molecule has 4 aromatic heterocycles. The summed E-state index contributed by atoms with van der Waals surface area (Å²) in [5.74, 6) is 0.155. The van der Waals surface area contributed by atoms with E-state index in [2.05, 4.69) is 30.2 Å². The van der Waals surface area contributed by atoms with Gasteiger partial charge in [-0.05, 0) is 51.2 Å². The van der Waals surface area contributed by atoms with Crippen molar-refractivity contribution in [3.63, 3.8) is 0 Å². The second-order valence-corrected chi connectivity index (χ2v) is 10.3. The molecule has 1 aliphatic rings. The molecule has 1 fully saturated rings. The second kappa shape index (κ2) is 16.0. The zero-order valence-electron chi connectivity index (χ0n) is 24.1. The number of nitrogens with zero attached hydrogens (tertiary/aromatic N) is 4. The van der Waals surface area contributed by atoms with E-state index in [-0.39, 0.29) is 11.8 Å². The molecule has 0 spiro atoms. The molecule has 0 bridgehead atoms. The van der Waals surface area contributed by atoms with Crippen LogP contribution in [0.1, 0.15) is 58.3 Å². The maximum absolute atomic E-state index is 13.3. The van der Waals surface area contributed by atoms with Gasteiger partial charge in [-0.3, -0.25) is 0 Å². The second-order valence-electron chi connectivity index (χ2n) is 10.3. The largest absolute Gasteiger partial charge is 0.382 e. The van der Waals surface area contributed by atoms with Crippen LogP contribution in [0.15, 0.2) is 36.9 Å². The fraction of sp³-hybridized carbons (Fsp3) is 0.533. The highest BCUT2D eigenvalue weighted by molar-refractivity contribution is 5.92. The molecular formula is C30H42FN7O3. The number of H-pyrrole nitrogens is 2. The predicted octanol–water partition coefficient (Wildman–Crippen LogP) is 5.82. The van der Waals surface area contributed by atoms with Crippen LogP contribution in [0.25, 0.3) is 33.5 Å². The van der Waals surface area contributed by atoms with E-state index >= 15 is 0 Å². The molecule has 0 radical (unpaired) electrons. The Bertz CT molecular complexity index is 1350. The Hall–Kier alpha value is -3.57. The van der Waals surface area contributed by atoms with E-state index in [4.69, 9.17) is 9.47 Å². The normalized spacial score (nSPS) is 13.7. The van der Waals surface area contributed by atoms with Gasteiger partial charge in [-0.1, -0.05) is 19.3 Å². The van der Waals surface area contributed by atoms with Gasteiger partial charge in [0.2, 0.25) is 0 Å². The van der Waals surface area contributed by atoms with Crippen molar-refractivity contribution in [1.29, 1.82) is 0 Å². The van der Waals surface area contributed by atoms with Gasteiger partial charge in [0.15, 0.2) is 5.82 Å². The molecule has 0 aliphatic heterocycles. The number of fused-ring (bicyclic) bond motifs is 2. The van der Waals surface area contributed by atoms with Crippen LogP contribution in [0.2, 0.25) is 0 Å². The van der Waals surface area contributed by atoms with Gasteiger partial charge in [-0.25, -0.2) is 24.1 Å². The van der Waals surface area contributed by atoms with Crippen LogP contribution in [0, 0.1) is 5.82 Å². The summed E-state index contributed by atoms with van der Waals surface area (Å²) in [5.41, 5.74) is 2.11. The summed E-state index contributed by atoms with van der Waals surface area (Å²) in [6, 6.07) is 3.73. The maximum atomic E-state index is 13.3. The number of ether oxygens (including phenoxy) is 2. The SMILES string of the molecule is CCOCCCCCOCCN(C)C(=O)NC1CCCCC1.Fc1cnc2[nH]cc(-c3ncc4cc[nH]c4n3)c2c1. The van der Waals surface area contributed by atoms with Crippen molar-refractivity contribution >= 4 is 28.1 Å². The highest BCUT2D eigenvalue weighted by atomic mass is 19.1. The third-order valence-electron chi connectivity index (χ3n) is 7.17. The minimum Gasteiger partial charge on any atom is -0.382 e. The molecule has 1 aliphatic carbocycles. The monoisotopic (exact) mass is 567 g/mol. The Kier molecular flexibility index (Phi) is 11.9. The lowest BCUT2D eigenvalue weighted by Crippen LogP contribution is -2.44. The van der Waals surface area contributed by atoms with Crippen LogP contribution in [0.3, 0.4) is 0 Å². The van der Waals surface area contributed by atoms with Gasteiger partial charge in [0.05, 0.1) is 12.8 Å². The first-order valence-electron chi connectivity index (χ1n) is 14.7. The number of aromatic amines is 2. The van der Waals surface area contributed by atoms with Crippen LogP contribution in [0.5, 0.6) is 0 Å². The van der Waals surface area contributed by atoms with E-state index in [0.29, 0.717) is 36.1 Å². The molecule has 1 saturated carbocycles. The number of rotatable bonds is 12. The number of halogens is 1. The first-order valence-corrected chi connectivity index (χ1v) is 14.7. The van der Waals surface area contributed by atoms with E-state index in [9.17, 15) is 9.18 Å². The zero-order valence-corrected chi connectivity index (χ0v) is 24.1. The van der Waals surface area contributed by atoms with Crippen molar-refractivity contribution in [2.45, 2.75) is 64.3 Å². The summed E-state index contributed by atoms with van der Waals surface area (Å²) in [4.78, 5) is 32.5. The molecule has 0 atom stereocenters. The molecule has 4 aromatic rings. The number of pyridine rings is 1. The molecule has 41 heavy (non-hydrogen) atoms. The van der Waals surface area contributed by atoms with Crippen molar-refractivity contribution < 1.29 is 18.7 Å². The van der Waals surface area contributed by atoms with Crippen LogP contribution < -0.4 is 5.32 Å². The smallest absolute Gasteiger partial charge is 0.317 e. The lowest BCUT2D eigenvalue weighted by Gasteiger charge is -2.26. The van der Waals surface area contributed by atoms with E-state index in [1.54, 1.807) is 23.5 Å². The molecule has 5 rings (SSSR count). The predicted molar refractivity (Wildman–Crippen MR) is 158 cm³/mol. The summed E-state index contributed by atoms with van der Waals surface area (Å²) in [7, 11) is 1.84. The Balaban J connectivity index is 0.000000190. The fourth-order valence-corrected chi connectivity index (χ4v) is 4.80. The third-order valence-corrected chi connectivity index (χ3v) is 7.17. The molecule has 0 unspecified atom stereocenters. The molecule has 0 saturated heterocycles. The number of likely N-dealkylation sites (N-methyl/N-ethyl adjacent to an activating group) is 1. The Morgan fingerprint density at radius 1 is 1.05 bits per heavy atom. The van der Waals surface area contributed by atoms with E-state index in [1.807, 2.05) is 20.0 Å². The van der Waals surface area contributed by atoms with Gasteiger partial charge in [0.25, 0.3) is 0 Å². The minimum atomic E-state index is -0.380. The molecule has 0 aromatic carbocycles. The molecule has 4 heterocycles. The topological polar surface area (TPSA) is 121 Å². The lowest BCUT2D eigenvalue weighted by atomic mass is 9.96. The van der Waals surface area contributed by atoms with Gasteiger partial charge in [-0.15, -0.1) is 0 Å². The number of hydrogen-bond acceptors (Lipinski definition) is 6. The van der Waals surface area contributed by atoms with Crippen molar-refractivity contribution in [2.24, 2.45) is 0 Å². The number of carbonyl (C=O) groups excluding carboxylic acids is 1. The van der Waals surface area contributed by atoms with Gasteiger partial charge < -0.3 is 29.7 Å². The van der Waals surface area contributed by atoms with Gasteiger partial charge in [-0.2, -0.15) is 0 Å². The lowest BCUT2D eigenvalue weighted by molar-refractivity contribution is 0.106. The maximum Gasteiger partial charge on any atom is 0.317 e. The average Bonchev–Trinajstić information content (AvgIpc) is 3.63. The number of hydrogen-bond donors (Lipinski definition) is 3. The number of urea groups is 1. The van der Waals surface area contributed by atoms with Crippen molar-refractivity contribution in [3.8, 4) is 11.4 Å². The quantitative estimate of drug-likeness (QED) is 0.185. The van der Waals surface area contributed by atoms with Crippen LogP contribution in [-0.4, -0.2) is 81.9 Å². The number of aromatic nitrogens is 5. The summed E-state index contributed by atoms with van der Waals surface area (Å²) in [6.07, 6.45) is 15.8. The highest BCUT2D eigenvalue weighted by Gasteiger charge is 2.17. The van der Waals surface area contributed by atoms with Gasteiger partial charge in [0, 0.05) is 74.4 Å². The zero-order chi connectivity index (χ0) is 28.9. The summed E-state index contributed by atoms with van der Waals surface area (Å²) >= 11 is 0. The number of carbonyl (C=O) groups is 1. The van der Waals surface area contributed by atoms with Gasteiger partial charge >= 0.3 is 6.03 Å². The fourth-order valence-electron chi connectivity index (χ4n) is 4.80. The van der Waals surface area contributed by atoms with Crippen molar-refractivity contribution in [3.05, 3.63) is 42.7 Å². The number of nitrogens with one attached hydrogen (secondary N) is 3. The molecular weight excluding hydrogens is 525 g/mol. The summed E-state index contributed by atoms with van der Waals surface area (Å²) in [6.45, 7) is 5.69. The first-order chi connectivity index (χ1) is 20.0. The van der Waals surface area contributed by atoms with Gasteiger partial charge in [0.1, 0.15) is 17.1 Å². The minimum absolute atomic E-state index is 0.0345. The molecule has 2 amide bonds. The first kappa shape index (κ1) is 30.4. The molecule has 222 valence electrons. The van der Waals surface area contributed by atoms with E-state index < -0.39 is 0 Å².